The summed E-state index contributed by atoms with van der Waals surface area (Å²) in [4.78, 5) is 0. The minimum absolute atomic E-state index is 0.616. The first-order valence-corrected chi connectivity index (χ1v) is 6.37. The molecule has 3 nitrogen and oxygen atoms in total. The third-order valence-electron chi connectivity index (χ3n) is 2.74. The molecule has 0 saturated heterocycles. The zero-order valence-corrected chi connectivity index (χ0v) is 11.0. The molecular weight excluding hydrogens is 270 g/mol. The standard InChI is InChI=1S/C12H16BrNO2/c1-2-9-8(3-4-14)7-10-12(11(9)13)16-6-5-15-10/h7H,2-6,14H2,1H3. The normalized spacial score (nSPS) is 13.9. The molecule has 1 aromatic rings. The Morgan fingerprint density at radius 3 is 2.81 bits per heavy atom. The van der Waals surface area contributed by atoms with Crippen molar-refractivity contribution in [3.8, 4) is 11.5 Å². The fraction of sp³-hybridized carbons (Fsp3) is 0.500. The van der Waals surface area contributed by atoms with Gasteiger partial charge in [-0.25, -0.2) is 0 Å². The van der Waals surface area contributed by atoms with Crippen LogP contribution in [0.2, 0.25) is 0 Å². The van der Waals surface area contributed by atoms with E-state index in [1.807, 2.05) is 0 Å². The maximum Gasteiger partial charge on any atom is 0.175 e. The summed E-state index contributed by atoms with van der Waals surface area (Å²) < 4.78 is 12.2. The molecule has 1 aliphatic heterocycles. The van der Waals surface area contributed by atoms with E-state index in [2.05, 4.69) is 28.9 Å². The van der Waals surface area contributed by atoms with Gasteiger partial charge in [0.1, 0.15) is 13.2 Å². The van der Waals surface area contributed by atoms with Gasteiger partial charge < -0.3 is 15.2 Å². The number of hydrogen-bond donors (Lipinski definition) is 1. The summed E-state index contributed by atoms with van der Waals surface area (Å²) >= 11 is 3.60. The second-order valence-electron chi connectivity index (χ2n) is 3.74. The highest BCUT2D eigenvalue weighted by atomic mass is 79.9. The van der Waals surface area contributed by atoms with Gasteiger partial charge in [-0.2, -0.15) is 0 Å². The Morgan fingerprint density at radius 2 is 2.12 bits per heavy atom. The molecule has 0 atom stereocenters. The number of nitrogens with two attached hydrogens (primary N) is 1. The van der Waals surface area contributed by atoms with E-state index in [0.717, 1.165) is 28.8 Å². The molecule has 0 saturated carbocycles. The Balaban J connectivity index is 2.50. The summed E-state index contributed by atoms with van der Waals surface area (Å²) in [6.45, 7) is 4.02. The molecule has 2 N–H and O–H groups in total. The van der Waals surface area contributed by atoms with Crippen molar-refractivity contribution in [1.29, 1.82) is 0 Å². The lowest BCUT2D eigenvalue weighted by atomic mass is 10.0. The van der Waals surface area contributed by atoms with Crippen LogP contribution in [-0.2, 0) is 12.8 Å². The van der Waals surface area contributed by atoms with E-state index in [0.29, 0.717) is 19.8 Å². The van der Waals surface area contributed by atoms with Gasteiger partial charge in [0.15, 0.2) is 11.5 Å². The van der Waals surface area contributed by atoms with Crippen LogP contribution >= 0.6 is 15.9 Å². The fourth-order valence-corrected chi connectivity index (χ4v) is 2.84. The summed E-state index contributed by atoms with van der Waals surface area (Å²) in [5.41, 5.74) is 8.15. The third-order valence-corrected chi connectivity index (χ3v) is 3.57. The summed E-state index contributed by atoms with van der Waals surface area (Å²) in [7, 11) is 0. The van der Waals surface area contributed by atoms with Crippen molar-refractivity contribution >= 4 is 15.9 Å². The predicted octanol–water partition coefficient (Wildman–Crippen LogP) is 2.28. The van der Waals surface area contributed by atoms with Gasteiger partial charge in [-0.05, 0) is 52.5 Å². The molecule has 0 radical (unpaired) electrons. The largest absolute Gasteiger partial charge is 0.486 e. The van der Waals surface area contributed by atoms with E-state index < -0.39 is 0 Å². The van der Waals surface area contributed by atoms with Gasteiger partial charge in [0.25, 0.3) is 0 Å². The van der Waals surface area contributed by atoms with Gasteiger partial charge in [-0.1, -0.05) is 6.92 Å². The monoisotopic (exact) mass is 285 g/mol. The lowest BCUT2D eigenvalue weighted by molar-refractivity contribution is 0.170. The maximum atomic E-state index is 5.63. The topological polar surface area (TPSA) is 44.5 Å². The van der Waals surface area contributed by atoms with E-state index in [9.17, 15) is 0 Å². The minimum Gasteiger partial charge on any atom is -0.486 e. The molecule has 0 fully saturated rings. The van der Waals surface area contributed by atoms with E-state index >= 15 is 0 Å². The second kappa shape index (κ2) is 5.06. The number of ether oxygens (including phenoxy) is 2. The Kier molecular flexibility index (Phi) is 3.71. The average molecular weight is 286 g/mol. The molecular formula is C12H16BrNO2. The average Bonchev–Trinajstić information content (AvgIpc) is 2.30. The minimum atomic E-state index is 0.616. The second-order valence-corrected chi connectivity index (χ2v) is 4.54. The Hall–Kier alpha value is -0.740. The van der Waals surface area contributed by atoms with Gasteiger partial charge >= 0.3 is 0 Å². The van der Waals surface area contributed by atoms with Gasteiger partial charge in [0.05, 0.1) is 4.47 Å². The van der Waals surface area contributed by atoms with Crippen LogP contribution in [0.5, 0.6) is 11.5 Å². The number of benzene rings is 1. The van der Waals surface area contributed by atoms with Crippen LogP contribution in [0.4, 0.5) is 0 Å². The van der Waals surface area contributed by atoms with E-state index in [1.54, 1.807) is 0 Å². The number of fused-ring (bicyclic) bond motifs is 1. The molecule has 1 aromatic carbocycles. The number of rotatable bonds is 3. The van der Waals surface area contributed by atoms with Crippen LogP contribution in [-0.4, -0.2) is 19.8 Å². The van der Waals surface area contributed by atoms with E-state index in [-0.39, 0.29) is 0 Å². The summed E-state index contributed by atoms with van der Waals surface area (Å²) in [6.07, 6.45) is 1.84. The first kappa shape index (κ1) is 11.7. The summed E-state index contributed by atoms with van der Waals surface area (Å²) in [6, 6.07) is 2.06. The van der Waals surface area contributed by atoms with E-state index in [4.69, 9.17) is 15.2 Å². The highest BCUT2D eigenvalue weighted by Gasteiger charge is 2.20. The van der Waals surface area contributed by atoms with Crippen molar-refractivity contribution in [2.45, 2.75) is 19.8 Å². The van der Waals surface area contributed by atoms with Gasteiger partial charge in [-0.15, -0.1) is 0 Å². The van der Waals surface area contributed by atoms with Gasteiger partial charge in [0, 0.05) is 0 Å². The Bertz CT molecular complexity index is 393. The fourth-order valence-electron chi connectivity index (χ4n) is 1.99. The Labute approximate surface area is 104 Å². The SMILES string of the molecule is CCc1c(CCN)cc2c(c1Br)OCCO2. The molecule has 1 aliphatic rings. The van der Waals surface area contributed by atoms with Crippen LogP contribution in [0.15, 0.2) is 10.5 Å². The van der Waals surface area contributed by atoms with Crippen LogP contribution in [0.3, 0.4) is 0 Å². The molecule has 4 heteroatoms. The van der Waals surface area contributed by atoms with E-state index in [1.165, 1.54) is 11.1 Å². The molecule has 0 spiro atoms. The quantitative estimate of drug-likeness (QED) is 0.927. The van der Waals surface area contributed by atoms with Crippen LogP contribution in [0.25, 0.3) is 0 Å². The zero-order chi connectivity index (χ0) is 11.5. The van der Waals surface area contributed by atoms with Crippen LogP contribution < -0.4 is 15.2 Å². The first-order chi connectivity index (χ1) is 7.77. The Morgan fingerprint density at radius 1 is 1.38 bits per heavy atom. The molecule has 0 aromatic heterocycles. The van der Waals surface area contributed by atoms with Gasteiger partial charge in [0.2, 0.25) is 0 Å². The van der Waals surface area contributed by atoms with Crippen molar-refractivity contribution in [3.05, 3.63) is 21.7 Å². The smallest absolute Gasteiger partial charge is 0.175 e. The highest BCUT2D eigenvalue weighted by molar-refractivity contribution is 9.10. The summed E-state index contributed by atoms with van der Waals surface area (Å²) in [5, 5.41) is 0. The van der Waals surface area contributed by atoms with Crippen molar-refractivity contribution in [1.82, 2.24) is 0 Å². The molecule has 16 heavy (non-hydrogen) atoms. The lowest BCUT2D eigenvalue weighted by Gasteiger charge is -2.23. The summed E-state index contributed by atoms with van der Waals surface area (Å²) in [5.74, 6) is 1.67. The first-order valence-electron chi connectivity index (χ1n) is 5.57. The molecule has 2 rings (SSSR count). The van der Waals surface area contributed by atoms with Gasteiger partial charge in [-0.3, -0.25) is 0 Å². The third kappa shape index (κ3) is 2.04. The molecule has 1 heterocycles. The van der Waals surface area contributed by atoms with Crippen molar-refractivity contribution in [3.63, 3.8) is 0 Å². The van der Waals surface area contributed by atoms with Crippen molar-refractivity contribution in [2.24, 2.45) is 5.73 Å². The van der Waals surface area contributed by atoms with Crippen LogP contribution in [0, 0.1) is 0 Å². The zero-order valence-electron chi connectivity index (χ0n) is 9.38. The molecule has 0 amide bonds. The molecule has 0 unspecified atom stereocenters. The van der Waals surface area contributed by atoms with Crippen molar-refractivity contribution in [2.75, 3.05) is 19.8 Å². The molecule has 88 valence electrons. The van der Waals surface area contributed by atoms with Crippen molar-refractivity contribution < 1.29 is 9.47 Å². The number of hydrogen-bond acceptors (Lipinski definition) is 3. The number of halogens is 1. The predicted molar refractivity (Wildman–Crippen MR) is 67.3 cm³/mol. The highest BCUT2D eigenvalue weighted by Crippen LogP contribution is 2.41. The molecule has 0 bridgehead atoms. The lowest BCUT2D eigenvalue weighted by Crippen LogP contribution is -2.17. The van der Waals surface area contributed by atoms with Crippen LogP contribution in [0.1, 0.15) is 18.1 Å². The molecule has 0 aliphatic carbocycles. The maximum absolute atomic E-state index is 5.63.